The van der Waals surface area contributed by atoms with Gasteiger partial charge in [-0.25, -0.2) is 17.8 Å². The van der Waals surface area contributed by atoms with Crippen LogP contribution in [-0.4, -0.2) is 86.9 Å². The minimum absolute atomic E-state index is 0.241. The Bertz CT molecular complexity index is 1000. The largest absolute Gasteiger partial charge is 0.354 e. The smallest absolute Gasteiger partial charge is 0.244 e. The first-order chi connectivity index (χ1) is 14.8. The van der Waals surface area contributed by atoms with E-state index in [0.29, 0.717) is 24.7 Å². The van der Waals surface area contributed by atoms with Crippen molar-refractivity contribution < 1.29 is 12.8 Å². The summed E-state index contributed by atoms with van der Waals surface area (Å²) in [5.41, 5.74) is 0.910. The van der Waals surface area contributed by atoms with Gasteiger partial charge in [0.05, 0.1) is 0 Å². The molecule has 1 aromatic heterocycles. The first-order valence-electron chi connectivity index (χ1n) is 10.4. The third-order valence-corrected chi connectivity index (χ3v) is 8.16. The number of hydrogen-bond acceptors (Lipinski definition) is 6. The zero-order valence-corrected chi connectivity index (χ0v) is 19.1. The van der Waals surface area contributed by atoms with E-state index in [4.69, 9.17) is 11.6 Å². The van der Waals surface area contributed by atoms with Crippen molar-refractivity contribution in [3.8, 4) is 0 Å². The molecule has 0 atom stereocenters. The van der Waals surface area contributed by atoms with E-state index in [1.54, 1.807) is 18.2 Å². The van der Waals surface area contributed by atoms with E-state index in [-0.39, 0.29) is 10.7 Å². The third-order valence-electron chi connectivity index (χ3n) is 5.93. The Morgan fingerprint density at radius 2 is 1.71 bits per heavy atom. The van der Waals surface area contributed by atoms with E-state index >= 15 is 0 Å². The van der Waals surface area contributed by atoms with Crippen LogP contribution in [0.15, 0.2) is 41.4 Å². The van der Waals surface area contributed by atoms with Gasteiger partial charge in [-0.2, -0.15) is 4.31 Å². The number of piperazine rings is 2. The van der Waals surface area contributed by atoms with Crippen molar-refractivity contribution in [2.45, 2.75) is 11.4 Å². The average Bonchev–Trinajstić information content (AvgIpc) is 2.77. The van der Waals surface area contributed by atoms with Crippen LogP contribution in [-0.2, 0) is 16.6 Å². The average molecular weight is 468 g/mol. The lowest BCUT2D eigenvalue weighted by molar-refractivity contribution is 0.222. The van der Waals surface area contributed by atoms with E-state index in [9.17, 15) is 12.8 Å². The van der Waals surface area contributed by atoms with Gasteiger partial charge in [0.15, 0.2) is 0 Å². The lowest BCUT2D eigenvalue weighted by atomic mass is 10.2. The van der Waals surface area contributed by atoms with Crippen LogP contribution in [0.5, 0.6) is 0 Å². The second-order valence-corrected chi connectivity index (χ2v) is 10.4. The SMILES string of the molecule is CN1CCN(S(=O)(=O)c2ccc(N3CCN(Cc4ccc(F)cc4Cl)CC3)nc2)CC1. The predicted molar refractivity (Wildman–Crippen MR) is 119 cm³/mol. The predicted octanol–water partition coefficient (Wildman–Crippen LogP) is 2.13. The minimum Gasteiger partial charge on any atom is -0.354 e. The van der Waals surface area contributed by atoms with Gasteiger partial charge in [0.25, 0.3) is 0 Å². The number of anilines is 1. The Kier molecular flexibility index (Phi) is 6.78. The van der Waals surface area contributed by atoms with Gasteiger partial charge in [0.1, 0.15) is 16.5 Å². The maximum Gasteiger partial charge on any atom is 0.244 e. The highest BCUT2D eigenvalue weighted by Gasteiger charge is 2.28. The van der Waals surface area contributed by atoms with Crippen molar-refractivity contribution in [3.63, 3.8) is 0 Å². The molecular weight excluding hydrogens is 441 g/mol. The number of nitrogens with zero attached hydrogens (tertiary/aromatic N) is 5. The van der Waals surface area contributed by atoms with Crippen molar-refractivity contribution in [2.24, 2.45) is 0 Å². The molecule has 2 aliphatic heterocycles. The van der Waals surface area contributed by atoms with Crippen LogP contribution in [0.3, 0.4) is 0 Å². The van der Waals surface area contributed by atoms with E-state index in [1.165, 1.54) is 22.6 Å². The number of halogens is 2. The first-order valence-corrected chi connectivity index (χ1v) is 12.2. The molecule has 0 bridgehead atoms. The van der Waals surface area contributed by atoms with Crippen LogP contribution in [0.4, 0.5) is 10.2 Å². The van der Waals surface area contributed by atoms with E-state index < -0.39 is 10.0 Å². The molecule has 168 valence electrons. The normalized spacial score (nSPS) is 19.6. The van der Waals surface area contributed by atoms with Crippen LogP contribution in [0.2, 0.25) is 5.02 Å². The Hall–Kier alpha value is -1.78. The number of rotatable bonds is 5. The van der Waals surface area contributed by atoms with Crippen LogP contribution in [0.25, 0.3) is 0 Å². The monoisotopic (exact) mass is 467 g/mol. The molecule has 0 spiro atoms. The molecule has 2 aliphatic rings. The number of likely N-dealkylation sites (N-methyl/N-ethyl adjacent to an activating group) is 1. The zero-order chi connectivity index (χ0) is 22.0. The Labute approximate surface area is 188 Å². The second kappa shape index (κ2) is 9.38. The number of hydrogen-bond donors (Lipinski definition) is 0. The van der Waals surface area contributed by atoms with E-state index in [1.807, 2.05) is 7.05 Å². The summed E-state index contributed by atoms with van der Waals surface area (Å²) in [7, 11) is -1.51. The lowest BCUT2D eigenvalue weighted by Crippen LogP contribution is -2.47. The summed E-state index contributed by atoms with van der Waals surface area (Å²) in [6.45, 7) is 6.32. The Morgan fingerprint density at radius 3 is 2.32 bits per heavy atom. The Balaban J connectivity index is 1.35. The standard InChI is InChI=1S/C21H27ClFN5O2S/c1-25-6-12-28(13-7-25)31(29,30)19-4-5-21(24-15-19)27-10-8-26(9-11-27)16-17-2-3-18(23)14-20(17)22/h2-5,14-15H,6-13,16H2,1H3. The molecule has 7 nitrogen and oxygen atoms in total. The number of sulfonamides is 1. The van der Waals surface area contributed by atoms with Crippen LogP contribution < -0.4 is 4.90 Å². The molecule has 31 heavy (non-hydrogen) atoms. The fourth-order valence-corrected chi connectivity index (χ4v) is 5.51. The highest BCUT2D eigenvalue weighted by molar-refractivity contribution is 7.89. The maximum atomic E-state index is 13.2. The maximum absolute atomic E-state index is 13.2. The summed E-state index contributed by atoms with van der Waals surface area (Å²) in [5.74, 6) is 0.444. The molecule has 3 heterocycles. The first kappa shape index (κ1) is 22.4. The number of benzene rings is 1. The second-order valence-electron chi connectivity index (χ2n) is 8.06. The quantitative estimate of drug-likeness (QED) is 0.671. The van der Waals surface area contributed by atoms with Crippen molar-refractivity contribution >= 4 is 27.4 Å². The summed E-state index contributed by atoms with van der Waals surface area (Å²) in [5, 5.41) is 0.446. The third kappa shape index (κ3) is 5.18. The molecule has 2 fully saturated rings. The minimum atomic E-state index is -3.51. The summed E-state index contributed by atoms with van der Waals surface area (Å²) >= 11 is 6.15. The molecule has 2 aromatic rings. The van der Waals surface area contributed by atoms with E-state index in [0.717, 1.165) is 50.6 Å². The number of aromatic nitrogens is 1. The highest BCUT2D eigenvalue weighted by atomic mass is 35.5. The van der Waals surface area contributed by atoms with Gasteiger partial charge >= 0.3 is 0 Å². The molecule has 4 rings (SSSR count). The molecule has 0 radical (unpaired) electrons. The van der Waals surface area contributed by atoms with Gasteiger partial charge in [-0.15, -0.1) is 0 Å². The van der Waals surface area contributed by atoms with Crippen molar-refractivity contribution in [2.75, 3.05) is 64.3 Å². The number of pyridine rings is 1. The fourth-order valence-electron chi connectivity index (χ4n) is 3.92. The fraction of sp³-hybridized carbons (Fsp3) is 0.476. The van der Waals surface area contributed by atoms with Gasteiger partial charge in [0, 0.05) is 70.1 Å². The molecule has 10 heteroatoms. The van der Waals surface area contributed by atoms with Gasteiger partial charge in [0.2, 0.25) is 10.0 Å². The van der Waals surface area contributed by atoms with Crippen molar-refractivity contribution in [1.82, 2.24) is 19.1 Å². The molecule has 0 amide bonds. The summed E-state index contributed by atoms with van der Waals surface area (Å²) in [6, 6.07) is 7.94. The summed E-state index contributed by atoms with van der Waals surface area (Å²) in [4.78, 5) is 11.2. The summed E-state index contributed by atoms with van der Waals surface area (Å²) in [6.07, 6.45) is 1.47. The lowest BCUT2D eigenvalue weighted by Gasteiger charge is -2.35. The highest BCUT2D eigenvalue weighted by Crippen LogP contribution is 2.22. The zero-order valence-electron chi connectivity index (χ0n) is 17.5. The van der Waals surface area contributed by atoms with Crippen LogP contribution >= 0.6 is 11.6 Å². The van der Waals surface area contributed by atoms with Crippen LogP contribution in [0.1, 0.15) is 5.56 Å². The Morgan fingerprint density at radius 1 is 1.00 bits per heavy atom. The van der Waals surface area contributed by atoms with Crippen molar-refractivity contribution in [1.29, 1.82) is 0 Å². The molecule has 0 N–H and O–H groups in total. The molecule has 0 unspecified atom stereocenters. The van der Waals surface area contributed by atoms with Gasteiger partial charge < -0.3 is 9.80 Å². The van der Waals surface area contributed by atoms with Crippen LogP contribution in [0, 0.1) is 5.82 Å². The molecule has 2 saturated heterocycles. The molecule has 1 aromatic carbocycles. The van der Waals surface area contributed by atoms with E-state index in [2.05, 4.69) is 19.7 Å². The van der Waals surface area contributed by atoms with Gasteiger partial charge in [-0.1, -0.05) is 17.7 Å². The molecule has 0 aliphatic carbocycles. The van der Waals surface area contributed by atoms with Crippen molar-refractivity contribution in [3.05, 3.63) is 52.9 Å². The van der Waals surface area contributed by atoms with Gasteiger partial charge in [-0.05, 0) is 36.9 Å². The van der Waals surface area contributed by atoms with Gasteiger partial charge in [-0.3, -0.25) is 4.90 Å². The molecular formula is C21H27ClFN5O2S. The topological polar surface area (TPSA) is 60.0 Å². The molecule has 0 saturated carbocycles. The summed E-state index contributed by atoms with van der Waals surface area (Å²) < 4.78 is 40.5.